The van der Waals surface area contributed by atoms with Crippen LogP contribution in [0.3, 0.4) is 0 Å². The summed E-state index contributed by atoms with van der Waals surface area (Å²) in [6.07, 6.45) is 0.837. The Labute approximate surface area is 117 Å². The number of nitrogens with zero attached hydrogens (tertiary/aromatic N) is 3. The standard InChI is InChI=1S/C13H20N4O3/c1-9-5-12(14)15-6-11(9)16-3-4-17(13(18)19)10(7-16)8-20-2/h5-6,10H,3-4,7-8H2,1-2H3,(H2,14,15)(H,18,19). The Hall–Kier alpha value is -2.02. The number of nitrogens with two attached hydrogens (primary N) is 1. The molecule has 1 aromatic heterocycles. The lowest BCUT2D eigenvalue weighted by Gasteiger charge is -2.41. The average Bonchev–Trinajstić information content (AvgIpc) is 2.38. The zero-order valence-corrected chi connectivity index (χ0v) is 11.7. The van der Waals surface area contributed by atoms with Crippen LogP contribution in [-0.2, 0) is 4.74 Å². The molecule has 1 fully saturated rings. The van der Waals surface area contributed by atoms with Gasteiger partial charge < -0.3 is 20.5 Å². The Balaban J connectivity index is 2.17. The van der Waals surface area contributed by atoms with Gasteiger partial charge in [0.1, 0.15) is 5.82 Å². The van der Waals surface area contributed by atoms with Gasteiger partial charge in [0.25, 0.3) is 0 Å². The minimum absolute atomic E-state index is 0.178. The molecular formula is C13H20N4O3. The van der Waals surface area contributed by atoms with Crippen LogP contribution in [0.25, 0.3) is 0 Å². The van der Waals surface area contributed by atoms with Crippen LogP contribution < -0.4 is 10.6 Å². The first kappa shape index (κ1) is 14.4. The van der Waals surface area contributed by atoms with Gasteiger partial charge in [-0.25, -0.2) is 9.78 Å². The highest BCUT2D eigenvalue weighted by Crippen LogP contribution is 2.23. The maximum atomic E-state index is 11.2. The van der Waals surface area contributed by atoms with Crippen molar-refractivity contribution >= 4 is 17.6 Å². The van der Waals surface area contributed by atoms with Gasteiger partial charge >= 0.3 is 6.09 Å². The summed E-state index contributed by atoms with van der Waals surface area (Å²) in [6.45, 7) is 4.03. The molecule has 1 aliphatic rings. The molecular weight excluding hydrogens is 260 g/mol. The number of aryl methyl sites for hydroxylation is 1. The van der Waals surface area contributed by atoms with Crippen molar-refractivity contribution in [3.8, 4) is 0 Å². The van der Waals surface area contributed by atoms with Gasteiger partial charge in [-0.1, -0.05) is 0 Å². The average molecular weight is 280 g/mol. The summed E-state index contributed by atoms with van der Waals surface area (Å²) in [6, 6.07) is 1.65. The van der Waals surface area contributed by atoms with Crippen LogP contribution in [0.15, 0.2) is 12.3 Å². The van der Waals surface area contributed by atoms with Crippen LogP contribution in [0.5, 0.6) is 0 Å². The van der Waals surface area contributed by atoms with Crippen LogP contribution in [0.4, 0.5) is 16.3 Å². The lowest BCUT2D eigenvalue weighted by atomic mass is 10.1. The summed E-state index contributed by atoms with van der Waals surface area (Å²) in [5.41, 5.74) is 7.69. The van der Waals surface area contributed by atoms with E-state index < -0.39 is 6.09 Å². The van der Waals surface area contributed by atoms with E-state index in [2.05, 4.69) is 9.88 Å². The van der Waals surface area contributed by atoms with Crippen LogP contribution in [-0.4, -0.2) is 60.5 Å². The maximum absolute atomic E-state index is 11.2. The summed E-state index contributed by atoms with van der Waals surface area (Å²) in [4.78, 5) is 18.9. The van der Waals surface area contributed by atoms with Crippen molar-refractivity contribution < 1.29 is 14.6 Å². The van der Waals surface area contributed by atoms with Crippen molar-refractivity contribution in [3.05, 3.63) is 17.8 Å². The van der Waals surface area contributed by atoms with Crippen LogP contribution in [0.1, 0.15) is 5.56 Å². The van der Waals surface area contributed by atoms with Gasteiger partial charge in [0.15, 0.2) is 0 Å². The van der Waals surface area contributed by atoms with Gasteiger partial charge in [-0.15, -0.1) is 0 Å². The molecule has 2 heterocycles. The molecule has 0 saturated carbocycles. The van der Waals surface area contributed by atoms with Crippen molar-refractivity contribution in [2.45, 2.75) is 13.0 Å². The van der Waals surface area contributed by atoms with Gasteiger partial charge in [-0.05, 0) is 18.6 Å². The first-order valence-electron chi connectivity index (χ1n) is 6.48. The predicted octanol–water partition coefficient (Wildman–Crippen LogP) is 0.787. The summed E-state index contributed by atoms with van der Waals surface area (Å²) >= 11 is 0. The van der Waals surface area contributed by atoms with Crippen molar-refractivity contribution in [3.63, 3.8) is 0 Å². The highest BCUT2D eigenvalue weighted by molar-refractivity contribution is 5.66. The SMILES string of the molecule is COCC1CN(c2cnc(N)cc2C)CCN1C(=O)O. The first-order valence-corrected chi connectivity index (χ1v) is 6.48. The number of anilines is 2. The van der Waals surface area contributed by atoms with Crippen molar-refractivity contribution in [1.82, 2.24) is 9.88 Å². The van der Waals surface area contributed by atoms with Gasteiger partial charge in [0, 0.05) is 26.7 Å². The molecule has 0 spiro atoms. The van der Waals surface area contributed by atoms with E-state index in [0.29, 0.717) is 32.1 Å². The number of piperazine rings is 1. The fourth-order valence-electron chi connectivity index (χ4n) is 2.56. The molecule has 2 rings (SSSR count). The normalized spacial score (nSPS) is 19.2. The second-order valence-corrected chi connectivity index (χ2v) is 4.93. The lowest BCUT2D eigenvalue weighted by Crippen LogP contribution is -2.56. The largest absolute Gasteiger partial charge is 0.465 e. The summed E-state index contributed by atoms with van der Waals surface area (Å²) < 4.78 is 5.13. The van der Waals surface area contributed by atoms with Crippen molar-refractivity contribution in [2.24, 2.45) is 0 Å². The fourth-order valence-corrected chi connectivity index (χ4v) is 2.56. The number of amides is 1. The third kappa shape index (κ3) is 2.93. The molecule has 7 heteroatoms. The second kappa shape index (κ2) is 5.96. The van der Waals surface area contributed by atoms with Crippen LogP contribution in [0, 0.1) is 6.92 Å². The van der Waals surface area contributed by atoms with E-state index in [1.165, 1.54) is 4.90 Å². The molecule has 0 bridgehead atoms. The smallest absolute Gasteiger partial charge is 0.407 e. The molecule has 0 radical (unpaired) electrons. The van der Waals surface area contributed by atoms with E-state index in [1.807, 2.05) is 13.0 Å². The number of ether oxygens (including phenoxy) is 1. The van der Waals surface area contributed by atoms with Crippen LogP contribution in [0.2, 0.25) is 0 Å². The molecule has 110 valence electrons. The minimum atomic E-state index is -0.904. The second-order valence-electron chi connectivity index (χ2n) is 4.93. The Kier molecular flexibility index (Phi) is 4.29. The lowest BCUT2D eigenvalue weighted by molar-refractivity contribution is 0.0737. The maximum Gasteiger partial charge on any atom is 0.407 e. The zero-order valence-electron chi connectivity index (χ0n) is 11.7. The topological polar surface area (TPSA) is 91.9 Å². The van der Waals surface area contributed by atoms with Crippen molar-refractivity contribution in [1.29, 1.82) is 0 Å². The first-order chi connectivity index (χ1) is 9.52. The molecule has 20 heavy (non-hydrogen) atoms. The Morgan fingerprint density at radius 3 is 2.95 bits per heavy atom. The van der Waals surface area contributed by atoms with Crippen LogP contribution >= 0.6 is 0 Å². The number of methoxy groups -OCH3 is 1. The quantitative estimate of drug-likeness (QED) is 0.850. The highest BCUT2D eigenvalue weighted by atomic mass is 16.5. The van der Waals surface area contributed by atoms with Crippen molar-refractivity contribution in [2.75, 3.05) is 44.0 Å². The number of hydrogen-bond acceptors (Lipinski definition) is 5. The third-order valence-electron chi connectivity index (χ3n) is 3.53. The molecule has 1 saturated heterocycles. The number of nitrogen functional groups attached to an aromatic ring is 1. The molecule has 1 atom stereocenters. The van der Waals surface area contributed by atoms with E-state index in [4.69, 9.17) is 10.5 Å². The number of aromatic nitrogens is 1. The zero-order chi connectivity index (χ0) is 14.7. The Morgan fingerprint density at radius 1 is 1.60 bits per heavy atom. The van der Waals surface area contributed by atoms with Gasteiger partial charge in [0.2, 0.25) is 0 Å². The molecule has 1 unspecified atom stereocenters. The fraction of sp³-hybridized carbons (Fsp3) is 0.538. The van der Waals surface area contributed by atoms with E-state index in [9.17, 15) is 9.90 Å². The van der Waals surface area contributed by atoms with Gasteiger partial charge in [0.05, 0.1) is 24.5 Å². The molecule has 1 aromatic rings. The third-order valence-corrected chi connectivity index (χ3v) is 3.53. The molecule has 1 aliphatic heterocycles. The van der Waals surface area contributed by atoms with E-state index >= 15 is 0 Å². The van der Waals surface area contributed by atoms with Gasteiger partial charge in [-0.3, -0.25) is 4.90 Å². The number of carbonyl (C=O) groups is 1. The predicted molar refractivity (Wildman–Crippen MR) is 76.0 cm³/mol. The molecule has 7 nitrogen and oxygen atoms in total. The molecule has 3 N–H and O–H groups in total. The Morgan fingerprint density at radius 2 is 2.35 bits per heavy atom. The van der Waals surface area contributed by atoms with E-state index in [-0.39, 0.29) is 6.04 Å². The van der Waals surface area contributed by atoms with E-state index in [0.717, 1.165) is 11.3 Å². The molecule has 1 amide bonds. The molecule has 0 aliphatic carbocycles. The van der Waals surface area contributed by atoms with Gasteiger partial charge in [-0.2, -0.15) is 0 Å². The highest BCUT2D eigenvalue weighted by Gasteiger charge is 2.30. The summed E-state index contributed by atoms with van der Waals surface area (Å²) in [5.74, 6) is 0.490. The number of hydrogen-bond donors (Lipinski definition) is 2. The number of carboxylic acid groups (broad SMARTS) is 1. The molecule has 0 aromatic carbocycles. The monoisotopic (exact) mass is 280 g/mol. The number of rotatable bonds is 3. The number of pyridine rings is 1. The summed E-state index contributed by atoms with van der Waals surface area (Å²) in [7, 11) is 1.58. The minimum Gasteiger partial charge on any atom is -0.465 e. The van der Waals surface area contributed by atoms with E-state index in [1.54, 1.807) is 13.3 Å². The summed E-state index contributed by atoms with van der Waals surface area (Å²) in [5, 5.41) is 9.21. The Bertz CT molecular complexity index is 495.